The van der Waals surface area contributed by atoms with Gasteiger partial charge in [-0.05, 0) is 12.1 Å². The zero-order chi connectivity index (χ0) is 16.2. The number of nitrogens with zero attached hydrogens (tertiary/aromatic N) is 2. The summed E-state index contributed by atoms with van der Waals surface area (Å²) >= 11 is 0. The molecule has 0 N–H and O–H groups in total. The third kappa shape index (κ3) is 3.87. The van der Waals surface area contributed by atoms with Crippen molar-refractivity contribution in [2.45, 2.75) is 26.1 Å². The van der Waals surface area contributed by atoms with Crippen LogP contribution in [0.3, 0.4) is 0 Å². The van der Waals surface area contributed by atoms with Crippen molar-refractivity contribution < 1.29 is 17.9 Å². The Morgan fingerprint density at radius 3 is 2.50 bits per heavy atom. The summed E-state index contributed by atoms with van der Waals surface area (Å²) in [6.45, 7) is 1.96. The summed E-state index contributed by atoms with van der Waals surface area (Å²) in [5.74, 6) is 0.727. The normalized spacial score (nSPS) is 11.5. The molecule has 0 atom stereocenters. The Balaban J connectivity index is 2.15. The third-order valence-corrected chi connectivity index (χ3v) is 3.02. The second kappa shape index (κ2) is 6.64. The number of hydrogen-bond donors (Lipinski definition) is 0. The minimum Gasteiger partial charge on any atom is -0.492 e. The molecular weight excluding hydrogens is 297 g/mol. The van der Waals surface area contributed by atoms with Crippen LogP contribution in [0.5, 0.6) is 5.75 Å². The topological polar surface area (TPSA) is 44.1 Å². The number of benzene rings is 1. The zero-order valence-electron chi connectivity index (χ0n) is 11.9. The van der Waals surface area contributed by atoms with Crippen LogP contribution < -0.4 is 10.3 Å². The van der Waals surface area contributed by atoms with Crippen molar-refractivity contribution in [2.75, 3.05) is 6.61 Å². The maximum absolute atomic E-state index is 12.7. The summed E-state index contributed by atoms with van der Waals surface area (Å²) in [7, 11) is 0. The number of alkyl halides is 3. The summed E-state index contributed by atoms with van der Waals surface area (Å²) < 4.78 is 44.6. The molecular formula is C15H15F3N2O2. The van der Waals surface area contributed by atoms with Crippen LogP contribution in [-0.4, -0.2) is 16.2 Å². The molecule has 0 radical (unpaired) electrons. The Bertz CT molecular complexity index is 681. The quantitative estimate of drug-likeness (QED) is 0.852. The maximum Gasteiger partial charge on any atom is 0.433 e. The van der Waals surface area contributed by atoms with Crippen LogP contribution in [0.4, 0.5) is 13.2 Å². The molecule has 1 aromatic heterocycles. The van der Waals surface area contributed by atoms with E-state index < -0.39 is 17.4 Å². The van der Waals surface area contributed by atoms with E-state index in [0.29, 0.717) is 11.8 Å². The van der Waals surface area contributed by atoms with Gasteiger partial charge < -0.3 is 4.74 Å². The molecule has 0 amide bonds. The van der Waals surface area contributed by atoms with E-state index in [-0.39, 0.29) is 25.4 Å². The number of aryl methyl sites for hydroxylation is 1. The van der Waals surface area contributed by atoms with E-state index >= 15 is 0 Å². The number of halogens is 3. The van der Waals surface area contributed by atoms with Gasteiger partial charge in [0.15, 0.2) is 5.69 Å². The molecule has 0 spiro atoms. The molecule has 0 unspecified atom stereocenters. The fraction of sp³-hybridized carbons (Fsp3) is 0.333. The first kappa shape index (κ1) is 16.1. The fourth-order valence-electron chi connectivity index (χ4n) is 1.98. The predicted molar refractivity (Wildman–Crippen MR) is 74.8 cm³/mol. The second-order valence-electron chi connectivity index (χ2n) is 4.56. The van der Waals surface area contributed by atoms with Crippen LogP contribution in [0, 0.1) is 0 Å². The first-order valence-electron chi connectivity index (χ1n) is 6.77. The highest BCUT2D eigenvalue weighted by atomic mass is 19.4. The number of para-hydroxylation sites is 1. The van der Waals surface area contributed by atoms with Gasteiger partial charge in [0.1, 0.15) is 18.2 Å². The molecule has 0 fully saturated rings. The molecule has 0 aliphatic carbocycles. The van der Waals surface area contributed by atoms with Crippen molar-refractivity contribution in [2.24, 2.45) is 0 Å². The van der Waals surface area contributed by atoms with Crippen molar-refractivity contribution in [3.63, 3.8) is 0 Å². The van der Waals surface area contributed by atoms with E-state index in [1.807, 2.05) is 6.07 Å². The first-order valence-corrected chi connectivity index (χ1v) is 6.77. The van der Waals surface area contributed by atoms with Crippen molar-refractivity contribution >= 4 is 0 Å². The van der Waals surface area contributed by atoms with Crippen LogP contribution in [0.1, 0.15) is 18.4 Å². The number of aromatic nitrogens is 2. The summed E-state index contributed by atoms with van der Waals surface area (Å²) in [4.78, 5) is 15.4. The van der Waals surface area contributed by atoms with E-state index in [0.717, 1.165) is 0 Å². The number of hydrogen-bond acceptors (Lipinski definition) is 3. The molecule has 0 bridgehead atoms. The average molecular weight is 312 g/mol. The summed E-state index contributed by atoms with van der Waals surface area (Å²) in [6, 6.07) is 9.48. The van der Waals surface area contributed by atoms with Crippen LogP contribution in [0.15, 0.2) is 41.2 Å². The first-order chi connectivity index (χ1) is 10.4. The van der Waals surface area contributed by atoms with Gasteiger partial charge in [-0.3, -0.25) is 9.36 Å². The molecule has 2 rings (SSSR count). The highest BCUT2D eigenvalue weighted by molar-refractivity contribution is 5.20. The summed E-state index contributed by atoms with van der Waals surface area (Å²) in [6.07, 6.45) is -4.40. The van der Waals surface area contributed by atoms with Crippen LogP contribution in [0.25, 0.3) is 0 Å². The van der Waals surface area contributed by atoms with Crippen molar-refractivity contribution in [1.82, 2.24) is 9.55 Å². The van der Waals surface area contributed by atoms with Gasteiger partial charge >= 0.3 is 6.18 Å². The molecule has 1 heterocycles. The van der Waals surface area contributed by atoms with E-state index in [1.54, 1.807) is 31.2 Å². The predicted octanol–water partition coefficient (Wildman–Crippen LogP) is 2.90. The van der Waals surface area contributed by atoms with E-state index in [2.05, 4.69) is 4.98 Å². The third-order valence-electron chi connectivity index (χ3n) is 3.02. The molecule has 0 saturated heterocycles. The Morgan fingerprint density at radius 2 is 1.91 bits per heavy atom. The van der Waals surface area contributed by atoms with Crippen molar-refractivity contribution in [3.8, 4) is 5.75 Å². The lowest BCUT2D eigenvalue weighted by Gasteiger charge is -2.14. The Labute approximate surface area is 125 Å². The fourth-order valence-corrected chi connectivity index (χ4v) is 1.98. The highest BCUT2D eigenvalue weighted by Crippen LogP contribution is 2.26. The molecule has 2 aromatic rings. The minimum absolute atomic E-state index is 0.0940. The molecule has 7 heteroatoms. The van der Waals surface area contributed by atoms with E-state index in [4.69, 9.17) is 4.74 Å². The summed E-state index contributed by atoms with van der Waals surface area (Å²) in [5, 5.41) is 0. The van der Waals surface area contributed by atoms with Gasteiger partial charge in [-0.25, -0.2) is 4.98 Å². The Morgan fingerprint density at radius 1 is 1.23 bits per heavy atom. The Hall–Kier alpha value is -2.31. The second-order valence-corrected chi connectivity index (χ2v) is 4.56. The molecule has 22 heavy (non-hydrogen) atoms. The van der Waals surface area contributed by atoms with Gasteiger partial charge in [0.25, 0.3) is 5.56 Å². The van der Waals surface area contributed by atoms with Gasteiger partial charge in [-0.1, -0.05) is 25.1 Å². The lowest BCUT2D eigenvalue weighted by atomic mass is 10.3. The van der Waals surface area contributed by atoms with E-state index in [9.17, 15) is 18.0 Å². The molecule has 1 aromatic carbocycles. The van der Waals surface area contributed by atoms with Crippen LogP contribution >= 0.6 is 0 Å². The summed E-state index contributed by atoms with van der Waals surface area (Å²) in [5.41, 5.74) is -1.88. The minimum atomic E-state index is -4.62. The monoisotopic (exact) mass is 312 g/mol. The SMILES string of the molecule is CCc1nc(C(F)(F)F)cc(=O)n1CCOc1ccccc1. The van der Waals surface area contributed by atoms with Gasteiger partial charge in [0.05, 0.1) is 6.54 Å². The maximum atomic E-state index is 12.7. The molecule has 118 valence electrons. The lowest BCUT2D eigenvalue weighted by Crippen LogP contribution is -2.29. The number of rotatable bonds is 5. The van der Waals surface area contributed by atoms with Crippen molar-refractivity contribution in [3.05, 3.63) is 58.3 Å². The largest absolute Gasteiger partial charge is 0.492 e. The molecule has 0 saturated carbocycles. The smallest absolute Gasteiger partial charge is 0.433 e. The van der Waals surface area contributed by atoms with Gasteiger partial charge in [-0.2, -0.15) is 13.2 Å². The Kier molecular flexibility index (Phi) is 4.85. The molecule has 0 aliphatic rings. The van der Waals surface area contributed by atoms with E-state index in [1.165, 1.54) is 4.57 Å². The standard InChI is InChI=1S/C15H15F3N2O2/c1-2-13-19-12(15(16,17)18)10-14(21)20(13)8-9-22-11-6-4-3-5-7-11/h3-7,10H,2,8-9H2,1H3. The van der Waals surface area contributed by atoms with Crippen LogP contribution in [-0.2, 0) is 19.1 Å². The van der Waals surface area contributed by atoms with Gasteiger partial charge in [0, 0.05) is 12.5 Å². The lowest BCUT2D eigenvalue weighted by molar-refractivity contribution is -0.141. The highest BCUT2D eigenvalue weighted by Gasteiger charge is 2.33. The van der Waals surface area contributed by atoms with Gasteiger partial charge in [0.2, 0.25) is 0 Å². The zero-order valence-corrected chi connectivity index (χ0v) is 11.9. The number of ether oxygens (including phenoxy) is 1. The van der Waals surface area contributed by atoms with Crippen molar-refractivity contribution in [1.29, 1.82) is 0 Å². The van der Waals surface area contributed by atoms with Crippen LogP contribution in [0.2, 0.25) is 0 Å². The molecule has 0 aliphatic heterocycles. The average Bonchev–Trinajstić information content (AvgIpc) is 2.48. The molecule has 4 nitrogen and oxygen atoms in total. The van der Waals surface area contributed by atoms with Gasteiger partial charge in [-0.15, -0.1) is 0 Å².